The highest BCUT2D eigenvalue weighted by atomic mass is 35.5. The molecule has 0 saturated carbocycles. The molecule has 210 valence electrons. The van der Waals surface area contributed by atoms with Gasteiger partial charge in [0, 0.05) is 10.6 Å². The number of fused-ring (bicyclic) bond motifs is 1. The minimum atomic E-state index is -4.72. The van der Waals surface area contributed by atoms with Gasteiger partial charge in [0.1, 0.15) is 9.77 Å². The lowest BCUT2D eigenvalue weighted by Crippen LogP contribution is -2.45. The zero-order valence-electron chi connectivity index (χ0n) is 19.9. The number of nitrogens with zero attached hydrogens (tertiary/aromatic N) is 3. The van der Waals surface area contributed by atoms with Crippen LogP contribution in [-0.2, 0) is 16.2 Å². The van der Waals surface area contributed by atoms with Crippen LogP contribution in [0.1, 0.15) is 29.9 Å². The molecule has 0 aliphatic heterocycles. The number of hydrogen-bond acceptors (Lipinski definition) is 7. The van der Waals surface area contributed by atoms with E-state index in [9.17, 15) is 26.4 Å². The fraction of sp³-hybridized carbons (Fsp3) is 0.227. The average Bonchev–Trinajstić information content (AvgIpc) is 3.41. The molecular weight excluding hydrogens is 606 g/mol. The van der Waals surface area contributed by atoms with Crippen molar-refractivity contribution in [2.45, 2.75) is 29.8 Å². The smallest absolute Gasteiger partial charge is 0.433 e. The van der Waals surface area contributed by atoms with E-state index in [2.05, 4.69) is 14.8 Å². The third-order valence-electron chi connectivity index (χ3n) is 4.87. The summed E-state index contributed by atoms with van der Waals surface area (Å²) in [7, 11) is -3.73. The van der Waals surface area contributed by atoms with Crippen LogP contribution in [0.2, 0.25) is 9.36 Å². The lowest BCUT2D eigenvalue weighted by molar-refractivity contribution is -0.142. The number of carboxylic acids is 1. The van der Waals surface area contributed by atoms with Crippen LogP contribution < -0.4 is 4.72 Å². The molecule has 3 heterocycles. The fourth-order valence-electron chi connectivity index (χ4n) is 3.01. The molecule has 1 aromatic carbocycles. The average molecular weight is 625 g/mol. The Kier molecular flexibility index (Phi) is 8.84. The van der Waals surface area contributed by atoms with E-state index < -0.39 is 39.0 Å². The van der Waals surface area contributed by atoms with Gasteiger partial charge < -0.3 is 15.9 Å². The van der Waals surface area contributed by atoms with Gasteiger partial charge in [-0.3, -0.25) is 0 Å². The molecule has 39 heavy (non-hydrogen) atoms. The van der Waals surface area contributed by atoms with Crippen molar-refractivity contribution in [1.82, 2.24) is 19.3 Å². The second kappa shape index (κ2) is 11.3. The van der Waals surface area contributed by atoms with Crippen LogP contribution >= 0.6 is 34.5 Å². The number of aromatic carboxylic acids is 1. The number of rotatable bonds is 6. The Morgan fingerprint density at radius 2 is 1.79 bits per heavy atom. The van der Waals surface area contributed by atoms with Crippen molar-refractivity contribution in [2.75, 3.05) is 6.61 Å². The Morgan fingerprint density at radius 3 is 2.28 bits per heavy atom. The summed E-state index contributed by atoms with van der Waals surface area (Å²) in [5.41, 5.74) is 4.82. The molecule has 0 amide bonds. The molecule has 0 unspecified atom stereocenters. The number of nitrogens with one attached hydrogen (secondary N) is 2. The molecule has 0 fully saturated rings. The van der Waals surface area contributed by atoms with Crippen LogP contribution in [0.3, 0.4) is 0 Å². The number of aromatic nitrogens is 3. The predicted octanol–water partition coefficient (Wildman–Crippen LogP) is 5.90. The maximum Gasteiger partial charge on any atom is 0.433 e. The number of halogens is 5. The third-order valence-corrected chi connectivity index (χ3v) is 8.65. The van der Waals surface area contributed by atoms with Crippen LogP contribution in [-0.4, -0.2) is 51.3 Å². The summed E-state index contributed by atoms with van der Waals surface area (Å²) in [4.78, 5) is 15.1. The predicted molar refractivity (Wildman–Crippen MR) is 140 cm³/mol. The van der Waals surface area contributed by atoms with Crippen LogP contribution in [0.5, 0.6) is 0 Å². The van der Waals surface area contributed by atoms with Crippen molar-refractivity contribution in [2.24, 2.45) is 0 Å². The normalized spacial score (nSPS) is 12.3. The van der Waals surface area contributed by atoms with Gasteiger partial charge in [-0.1, -0.05) is 35.3 Å². The van der Waals surface area contributed by atoms with E-state index >= 15 is 0 Å². The topological polar surface area (TPSA) is 158 Å². The summed E-state index contributed by atoms with van der Waals surface area (Å²) >= 11 is 12.2. The van der Waals surface area contributed by atoms with Crippen molar-refractivity contribution in [3.05, 3.63) is 68.9 Å². The van der Waals surface area contributed by atoms with Gasteiger partial charge in [-0.2, -0.15) is 18.3 Å². The highest BCUT2D eigenvalue weighted by molar-refractivity contribution is 7.91. The van der Waals surface area contributed by atoms with Crippen LogP contribution in [0.4, 0.5) is 18.9 Å². The minimum absolute atomic E-state index is 0.0196. The quantitative estimate of drug-likeness (QED) is 0.241. The second-order valence-electron chi connectivity index (χ2n) is 8.53. The van der Waals surface area contributed by atoms with Gasteiger partial charge in [-0.05, 0) is 38.1 Å². The zero-order valence-corrected chi connectivity index (χ0v) is 23.1. The van der Waals surface area contributed by atoms with E-state index in [-0.39, 0.29) is 32.2 Å². The Labute approximate surface area is 233 Å². The maximum absolute atomic E-state index is 13.2. The van der Waals surface area contributed by atoms with Gasteiger partial charge in [0.15, 0.2) is 11.3 Å². The van der Waals surface area contributed by atoms with Gasteiger partial charge in [-0.15, -0.1) is 17.0 Å². The SMILES string of the molecule is CC(C)(CO)NS(=O)(=O)c1cc([NH-])c(Cl)s1.O=C(O)c1cnn2c(C(F)(F)F)cc(-c3ccc(Cl)cc3)nc12. The van der Waals surface area contributed by atoms with Crippen molar-refractivity contribution in [3.8, 4) is 11.3 Å². The number of aliphatic hydroxyl groups is 1. The molecule has 0 atom stereocenters. The van der Waals surface area contributed by atoms with E-state index in [1.807, 2.05) is 0 Å². The second-order valence-corrected chi connectivity index (χ2v) is 12.5. The molecule has 0 radical (unpaired) electrons. The van der Waals surface area contributed by atoms with Gasteiger partial charge in [0.05, 0.1) is 28.4 Å². The Bertz CT molecular complexity index is 1600. The molecule has 17 heteroatoms. The first-order chi connectivity index (χ1) is 17.9. The number of benzene rings is 1. The zero-order chi connectivity index (χ0) is 29.3. The van der Waals surface area contributed by atoms with E-state index in [0.717, 1.165) is 23.6 Å². The molecule has 0 aliphatic rings. The Balaban J connectivity index is 0.000000231. The van der Waals surface area contributed by atoms with E-state index in [1.54, 1.807) is 13.8 Å². The molecule has 10 nitrogen and oxygen atoms in total. The molecule has 3 aromatic heterocycles. The lowest BCUT2D eigenvalue weighted by Gasteiger charge is -2.22. The highest BCUT2D eigenvalue weighted by Crippen LogP contribution is 2.36. The number of hydrogen-bond donors (Lipinski definition) is 3. The lowest BCUT2D eigenvalue weighted by atomic mass is 10.1. The van der Waals surface area contributed by atoms with E-state index in [1.165, 1.54) is 30.3 Å². The van der Waals surface area contributed by atoms with Gasteiger partial charge in [-0.25, -0.2) is 27.4 Å². The molecular formula is C22H19Cl2F3N5O5S2-. The number of carboxylic acid groups (broad SMARTS) is 1. The maximum atomic E-state index is 13.2. The molecule has 4 rings (SSSR count). The standard InChI is InChI=1S/C14H7ClF3N3O2.C8H12ClN2O3S2/c15-8-3-1-7(2-4-8)10-5-11(14(16,17)18)21-12(20-10)9(6-19-21)13(22)23;1-8(2,4-12)11-16(13,14)6-3-5(10)7(9)15-6/h1-6H,(H,22,23);3,10-12H,4H2,1-2H3/q;-1. The third kappa shape index (κ3) is 7.17. The molecule has 0 aliphatic carbocycles. The number of alkyl halides is 3. The van der Waals surface area contributed by atoms with Crippen molar-refractivity contribution >= 4 is 61.9 Å². The summed E-state index contributed by atoms with van der Waals surface area (Å²) in [5, 5.41) is 22.0. The first kappa shape index (κ1) is 30.6. The van der Waals surface area contributed by atoms with Gasteiger partial charge in [0.2, 0.25) is 0 Å². The van der Waals surface area contributed by atoms with E-state index in [0.29, 0.717) is 15.1 Å². The van der Waals surface area contributed by atoms with Crippen molar-refractivity contribution in [3.63, 3.8) is 0 Å². The summed E-state index contributed by atoms with van der Waals surface area (Å²) in [5.74, 6) is -1.41. The van der Waals surface area contributed by atoms with Gasteiger partial charge in [0.25, 0.3) is 10.0 Å². The van der Waals surface area contributed by atoms with Crippen molar-refractivity contribution < 1.29 is 36.6 Å². The molecule has 0 bridgehead atoms. The Hall–Kier alpha value is -2.95. The van der Waals surface area contributed by atoms with Gasteiger partial charge >= 0.3 is 12.1 Å². The van der Waals surface area contributed by atoms with E-state index in [4.69, 9.17) is 39.1 Å². The number of thiophene rings is 1. The molecule has 0 saturated heterocycles. The molecule has 4 aromatic rings. The Morgan fingerprint density at radius 1 is 1.18 bits per heavy atom. The van der Waals surface area contributed by atoms with Crippen LogP contribution in [0.15, 0.2) is 46.8 Å². The largest absolute Gasteiger partial charge is 0.697 e. The first-order valence-electron chi connectivity index (χ1n) is 10.6. The first-order valence-corrected chi connectivity index (χ1v) is 13.6. The molecule has 0 spiro atoms. The molecule has 4 N–H and O–H groups in total. The summed E-state index contributed by atoms with van der Waals surface area (Å²) < 4.78 is 66.2. The number of carbonyl (C=O) groups is 1. The highest BCUT2D eigenvalue weighted by Gasteiger charge is 2.36. The monoisotopic (exact) mass is 624 g/mol. The van der Waals surface area contributed by atoms with Crippen LogP contribution in [0.25, 0.3) is 22.6 Å². The van der Waals surface area contributed by atoms with Crippen molar-refractivity contribution in [1.29, 1.82) is 0 Å². The number of aliphatic hydroxyl groups excluding tert-OH is 1. The minimum Gasteiger partial charge on any atom is -0.697 e. The fourth-order valence-corrected chi connectivity index (χ4v) is 6.08. The van der Waals surface area contributed by atoms with Crippen LogP contribution in [0, 0.1) is 0 Å². The summed E-state index contributed by atoms with van der Waals surface area (Å²) in [6, 6.07) is 8.00. The number of sulfonamides is 1. The summed E-state index contributed by atoms with van der Waals surface area (Å²) in [6.45, 7) is 2.79. The summed E-state index contributed by atoms with van der Waals surface area (Å²) in [6.07, 6.45) is -3.88.